The second-order valence-electron chi connectivity index (χ2n) is 14.1. The van der Waals surface area contributed by atoms with E-state index in [1.807, 2.05) is 12.1 Å². The lowest BCUT2D eigenvalue weighted by molar-refractivity contribution is 0.406. The van der Waals surface area contributed by atoms with Gasteiger partial charge in [-0.25, -0.2) is 4.98 Å². The van der Waals surface area contributed by atoms with Crippen molar-refractivity contribution in [3.63, 3.8) is 0 Å². The Labute approximate surface area is 298 Å². The number of para-hydroxylation sites is 4. The molecule has 0 fully saturated rings. The summed E-state index contributed by atoms with van der Waals surface area (Å²) in [6.07, 6.45) is 4.03. The Morgan fingerprint density at radius 1 is 0.647 bits per heavy atom. The van der Waals surface area contributed by atoms with Crippen molar-refractivity contribution in [1.29, 1.82) is 0 Å². The lowest BCUT2D eigenvalue weighted by Gasteiger charge is -2.21. The minimum absolute atomic E-state index is 0.0381. The van der Waals surface area contributed by atoms with Crippen molar-refractivity contribution in [2.45, 2.75) is 26.2 Å². The zero-order chi connectivity index (χ0) is 34.5. The van der Waals surface area contributed by atoms with E-state index in [9.17, 15) is 0 Å². The molecule has 0 bridgehead atoms. The third kappa shape index (κ3) is 5.50. The van der Waals surface area contributed by atoms with Gasteiger partial charge in [-0.3, -0.25) is 0 Å². The van der Waals surface area contributed by atoms with Crippen molar-refractivity contribution >= 4 is 45.4 Å². The van der Waals surface area contributed by atoms with Gasteiger partial charge in [0.05, 0.1) is 27.8 Å². The van der Waals surface area contributed by atoms with Crippen LogP contribution in [0.5, 0.6) is 5.75 Å². The van der Waals surface area contributed by atoms with Crippen LogP contribution in [0.25, 0.3) is 55.3 Å². The molecule has 51 heavy (non-hydrogen) atoms. The smallest absolute Gasteiger partial charge is 0.358 e. The molecule has 1 aliphatic heterocycles. The first kappa shape index (κ1) is 30.8. The minimum Gasteiger partial charge on any atom is -0.443 e. The number of hydrogen-bond acceptors (Lipinski definition) is 3. The fraction of sp³-hybridized carbons (Fsp3) is 0.0889. The van der Waals surface area contributed by atoms with Gasteiger partial charge in [0.1, 0.15) is 11.5 Å². The fourth-order valence-electron chi connectivity index (χ4n) is 7.29. The predicted octanol–water partition coefficient (Wildman–Crippen LogP) is 9.90. The van der Waals surface area contributed by atoms with E-state index in [0.29, 0.717) is 5.88 Å². The molecule has 6 heteroatoms. The fourth-order valence-corrected chi connectivity index (χ4v) is 7.29. The largest absolute Gasteiger partial charge is 0.443 e. The molecular weight excluding hydrogens is 623 g/mol. The van der Waals surface area contributed by atoms with Crippen molar-refractivity contribution in [2.75, 3.05) is 0 Å². The summed E-state index contributed by atoms with van der Waals surface area (Å²) < 4.78 is 11.3. The number of ether oxygens (including phenoxy) is 1. The van der Waals surface area contributed by atoms with Gasteiger partial charge in [-0.05, 0) is 71.1 Å². The summed E-state index contributed by atoms with van der Waals surface area (Å²) in [6.45, 7) is 6.55. The lowest BCUT2D eigenvalue weighted by atomic mass is 9.60. The van der Waals surface area contributed by atoms with Crippen LogP contribution in [0.15, 0.2) is 170 Å². The first-order chi connectivity index (χ1) is 24.9. The van der Waals surface area contributed by atoms with Gasteiger partial charge >= 0.3 is 6.85 Å². The van der Waals surface area contributed by atoms with Crippen molar-refractivity contribution < 1.29 is 4.74 Å². The number of benzene rings is 6. The molecule has 0 atom stereocenters. The monoisotopic (exact) mass is 660 g/mol. The number of nitrogens with zero attached hydrogens (tertiary/aromatic N) is 3. The molecule has 1 N–H and O–H groups in total. The summed E-state index contributed by atoms with van der Waals surface area (Å²) in [5.74, 6) is 3.56. The summed E-state index contributed by atoms with van der Waals surface area (Å²) in [5, 5.41) is 6.06. The van der Waals surface area contributed by atoms with Crippen molar-refractivity contribution in [2.24, 2.45) is 0 Å². The van der Waals surface area contributed by atoms with Crippen LogP contribution in [-0.4, -0.2) is 21.0 Å². The zero-order valence-corrected chi connectivity index (χ0v) is 28.9. The van der Waals surface area contributed by atoms with Gasteiger partial charge in [0.25, 0.3) is 0 Å². The van der Waals surface area contributed by atoms with Gasteiger partial charge in [-0.2, -0.15) is 0 Å². The number of allylic oxidation sites excluding steroid dienone is 2. The van der Waals surface area contributed by atoms with Crippen LogP contribution in [0.1, 0.15) is 26.3 Å². The minimum atomic E-state index is -0.225. The standard InChI is InChI=1S/C45H37BN4O/c1-45(2,3)32-17-13-18-33(29-32)49-40-23-11-8-20-36(40)37-27-26-34(30-42(37)49)51-43-25-14-28-46(48-43)44-47-38-21-9-12-24-41(38)50(44)39-22-10-7-19-35(39)31-15-5-4-6-16-31/h4-30,48H,1-3H3. The number of rotatable bonds is 6. The van der Waals surface area contributed by atoms with Crippen molar-refractivity contribution in [3.05, 3.63) is 175 Å². The maximum absolute atomic E-state index is 6.64. The molecule has 6 aromatic carbocycles. The molecule has 8 aromatic rings. The molecule has 1 aliphatic rings. The average Bonchev–Trinajstić information content (AvgIpc) is 3.71. The first-order valence-corrected chi connectivity index (χ1v) is 17.5. The molecule has 9 rings (SSSR count). The molecule has 2 aromatic heterocycles. The Morgan fingerprint density at radius 2 is 1.39 bits per heavy atom. The SMILES string of the molecule is CC(C)(C)c1cccc(-n2c3ccccc3c3ccc(OC4=CC=CB(c5nc6ccccc6n5-c5ccccc5-c5ccccc5)N4)cc32)c1. The van der Waals surface area contributed by atoms with Gasteiger partial charge in [-0.1, -0.05) is 124 Å². The summed E-state index contributed by atoms with van der Waals surface area (Å²) in [5.41, 5.74) is 11.0. The van der Waals surface area contributed by atoms with Gasteiger partial charge in [0, 0.05) is 28.1 Å². The van der Waals surface area contributed by atoms with E-state index < -0.39 is 0 Å². The quantitative estimate of drug-likeness (QED) is 0.181. The third-order valence-corrected chi connectivity index (χ3v) is 9.79. The highest BCUT2D eigenvalue weighted by atomic mass is 16.5. The highest BCUT2D eigenvalue weighted by Gasteiger charge is 2.28. The van der Waals surface area contributed by atoms with Crippen molar-refractivity contribution in [1.82, 2.24) is 19.3 Å². The number of aromatic nitrogens is 3. The van der Waals surface area contributed by atoms with E-state index in [4.69, 9.17) is 9.72 Å². The molecule has 0 saturated heterocycles. The maximum atomic E-state index is 6.64. The molecule has 0 spiro atoms. The van der Waals surface area contributed by atoms with Crippen LogP contribution in [0.4, 0.5) is 0 Å². The van der Waals surface area contributed by atoms with Crippen LogP contribution < -0.4 is 15.7 Å². The van der Waals surface area contributed by atoms with Crippen LogP contribution in [0.2, 0.25) is 0 Å². The highest BCUT2D eigenvalue weighted by molar-refractivity contribution is 6.75. The number of fused-ring (bicyclic) bond motifs is 4. The van der Waals surface area contributed by atoms with Gasteiger partial charge < -0.3 is 19.1 Å². The molecule has 0 unspecified atom stereocenters. The Bertz CT molecular complexity index is 2640. The van der Waals surface area contributed by atoms with E-state index in [1.54, 1.807) is 0 Å². The maximum Gasteiger partial charge on any atom is 0.358 e. The number of imidazole rings is 1. The molecule has 246 valence electrons. The van der Waals surface area contributed by atoms with Crippen LogP contribution in [0, 0.1) is 0 Å². The number of nitrogens with one attached hydrogen (secondary N) is 1. The van der Waals surface area contributed by atoms with E-state index in [2.05, 4.69) is 187 Å². The second-order valence-corrected chi connectivity index (χ2v) is 14.1. The summed E-state index contributed by atoms with van der Waals surface area (Å²) in [4.78, 5) is 5.19. The van der Waals surface area contributed by atoms with Gasteiger partial charge in [0.15, 0.2) is 5.88 Å². The first-order valence-electron chi connectivity index (χ1n) is 17.5. The summed E-state index contributed by atoms with van der Waals surface area (Å²) >= 11 is 0. The van der Waals surface area contributed by atoms with Crippen LogP contribution >= 0.6 is 0 Å². The highest BCUT2D eigenvalue weighted by Crippen LogP contribution is 2.36. The van der Waals surface area contributed by atoms with Crippen LogP contribution in [0.3, 0.4) is 0 Å². The van der Waals surface area contributed by atoms with E-state index >= 15 is 0 Å². The molecule has 0 saturated carbocycles. The average molecular weight is 661 g/mol. The molecule has 5 nitrogen and oxygen atoms in total. The third-order valence-electron chi connectivity index (χ3n) is 9.79. The molecule has 0 radical (unpaired) electrons. The van der Waals surface area contributed by atoms with Crippen molar-refractivity contribution in [3.8, 4) is 28.3 Å². The number of hydrogen-bond donors (Lipinski definition) is 1. The van der Waals surface area contributed by atoms with E-state index in [0.717, 1.165) is 50.5 Å². The topological polar surface area (TPSA) is 44.0 Å². The Balaban J connectivity index is 1.09. The molecule has 0 amide bonds. The lowest BCUT2D eigenvalue weighted by Crippen LogP contribution is -2.49. The predicted molar refractivity (Wildman–Crippen MR) is 212 cm³/mol. The normalized spacial score (nSPS) is 13.2. The zero-order valence-electron chi connectivity index (χ0n) is 28.9. The van der Waals surface area contributed by atoms with Gasteiger partial charge in [-0.15, -0.1) is 0 Å². The Morgan fingerprint density at radius 3 is 2.25 bits per heavy atom. The van der Waals surface area contributed by atoms with E-state index in [1.165, 1.54) is 21.9 Å². The summed E-state index contributed by atoms with van der Waals surface area (Å²) in [6, 6.07) is 51.3. The van der Waals surface area contributed by atoms with E-state index in [-0.39, 0.29) is 12.3 Å². The summed E-state index contributed by atoms with van der Waals surface area (Å²) in [7, 11) is 0. The van der Waals surface area contributed by atoms with Gasteiger partial charge in [0.2, 0.25) is 0 Å². The molecule has 3 heterocycles. The molecular formula is C45H37BN4O. The second kappa shape index (κ2) is 12.3. The Kier molecular flexibility index (Phi) is 7.39. The van der Waals surface area contributed by atoms with Crippen LogP contribution in [-0.2, 0) is 5.41 Å². The Hall–Kier alpha value is -6.27. The molecule has 0 aliphatic carbocycles.